The number of aromatic nitrogens is 1. The van der Waals surface area contributed by atoms with Gasteiger partial charge in [-0.2, -0.15) is 0 Å². The highest BCUT2D eigenvalue weighted by Crippen LogP contribution is 2.23. The first-order valence-electron chi connectivity index (χ1n) is 11.0. The normalized spacial score (nSPS) is 18.2. The maximum Gasteiger partial charge on any atom is 0.255 e. The van der Waals surface area contributed by atoms with Gasteiger partial charge in [-0.25, -0.2) is 4.98 Å². The number of nitrogens with one attached hydrogen (secondary N) is 1. The second-order valence-corrected chi connectivity index (χ2v) is 8.18. The average molecular weight is 393 g/mol. The Balaban J connectivity index is 1.40. The van der Waals surface area contributed by atoms with Crippen LogP contribution in [0.25, 0.3) is 0 Å². The Kier molecular flexibility index (Phi) is 6.45. The molecule has 1 N–H and O–H groups in total. The minimum absolute atomic E-state index is 0.00506. The fourth-order valence-corrected chi connectivity index (χ4v) is 4.60. The fraction of sp³-hybridized carbons (Fsp3) is 0.500. The molecule has 1 aromatic heterocycles. The third kappa shape index (κ3) is 4.61. The summed E-state index contributed by atoms with van der Waals surface area (Å²) in [6.45, 7) is 6.88. The number of piperidine rings is 1. The molecule has 1 amide bonds. The summed E-state index contributed by atoms with van der Waals surface area (Å²) in [6, 6.07) is 12.8. The van der Waals surface area contributed by atoms with Crippen LogP contribution in [0.2, 0.25) is 0 Å². The van der Waals surface area contributed by atoms with E-state index in [-0.39, 0.29) is 5.91 Å². The molecule has 0 radical (unpaired) electrons. The van der Waals surface area contributed by atoms with Crippen LogP contribution in [0.15, 0.2) is 42.6 Å². The Hall–Kier alpha value is -2.40. The highest BCUT2D eigenvalue weighted by Gasteiger charge is 2.24. The summed E-state index contributed by atoms with van der Waals surface area (Å²) in [5, 5.41) is 3.20. The lowest BCUT2D eigenvalue weighted by Crippen LogP contribution is -2.46. The first-order chi connectivity index (χ1) is 14.3. The van der Waals surface area contributed by atoms with Crippen molar-refractivity contribution in [2.24, 2.45) is 0 Å². The Morgan fingerprint density at radius 2 is 1.86 bits per heavy atom. The molecule has 1 unspecified atom stereocenters. The van der Waals surface area contributed by atoms with Crippen molar-refractivity contribution < 1.29 is 4.79 Å². The highest BCUT2D eigenvalue weighted by atomic mass is 16.1. The SMILES string of the molecule is CCC(CNC(=O)c1cccnc1N1CCCCC1)N1CCc2ccccc2C1. The van der Waals surface area contributed by atoms with E-state index in [2.05, 4.69) is 51.3 Å². The molecule has 2 aliphatic heterocycles. The number of rotatable bonds is 6. The van der Waals surface area contributed by atoms with E-state index in [1.54, 1.807) is 6.20 Å². The van der Waals surface area contributed by atoms with E-state index in [1.165, 1.54) is 30.4 Å². The van der Waals surface area contributed by atoms with Gasteiger partial charge in [0.15, 0.2) is 0 Å². The van der Waals surface area contributed by atoms with Gasteiger partial charge in [0.05, 0.1) is 5.56 Å². The van der Waals surface area contributed by atoms with Crippen LogP contribution in [-0.2, 0) is 13.0 Å². The number of benzene rings is 1. The third-order valence-corrected chi connectivity index (χ3v) is 6.33. The molecule has 2 aromatic rings. The van der Waals surface area contributed by atoms with Crippen molar-refractivity contribution in [3.8, 4) is 0 Å². The van der Waals surface area contributed by atoms with Gasteiger partial charge in [-0.3, -0.25) is 9.69 Å². The molecule has 0 spiro atoms. The number of hydrogen-bond acceptors (Lipinski definition) is 4. The summed E-state index contributed by atoms with van der Waals surface area (Å²) in [7, 11) is 0. The topological polar surface area (TPSA) is 48.5 Å². The standard InChI is InChI=1S/C24H32N4O/c1-2-21(28-16-12-19-9-4-5-10-20(19)18-28)17-26-24(29)22-11-8-13-25-23(22)27-14-6-3-7-15-27/h4-5,8-11,13,21H,2-3,6-7,12,14-18H2,1H3,(H,26,29). The van der Waals surface area contributed by atoms with E-state index in [9.17, 15) is 4.79 Å². The van der Waals surface area contributed by atoms with Crippen LogP contribution in [-0.4, -0.2) is 48.0 Å². The van der Waals surface area contributed by atoms with Crippen molar-refractivity contribution >= 4 is 11.7 Å². The zero-order valence-corrected chi connectivity index (χ0v) is 17.4. The first-order valence-corrected chi connectivity index (χ1v) is 11.0. The fourth-order valence-electron chi connectivity index (χ4n) is 4.60. The number of pyridine rings is 1. The van der Waals surface area contributed by atoms with Gasteiger partial charge in [-0.05, 0) is 55.4 Å². The number of carbonyl (C=O) groups is 1. The van der Waals surface area contributed by atoms with Crippen LogP contribution in [0.4, 0.5) is 5.82 Å². The summed E-state index contributed by atoms with van der Waals surface area (Å²) in [6.07, 6.45) is 7.51. The molecule has 29 heavy (non-hydrogen) atoms. The van der Waals surface area contributed by atoms with E-state index in [0.717, 1.165) is 44.8 Å². The van der Waals surface area contributed by atoms with Crippen molar-refractivity contribution in [2.45, 2.75) is 51.6 Å². The molecule has 1 saturated heterocycles. The largest absolute Gasteiger partial charge is 0.356 e. The summed E-state index contributed by atoms with van der Waals surface area (Å²) in [5.74, 6) is 0.833. The zero-order chi connectivity index (χ0) is 20.1. The van der Waals surface area contributed by atoms with Gasteiger partial charge in [0, 0.05) is 45.0 Å². The lowest BCUT2D eigenvalue weighted by molar-refractivity contribution is 0.0926. The molecule has 154 valence electrons. The predicted molar refractivity (Wildman–Crippen MR) is 117 cm³/mol. The summed E-state index contributed by atoms with van der Waals surface area (Å²) in [5.41, 5.74) is 3.58. The van der Waals surface area contributed by atoms with Gasteiger partial charge >= 0.3 is 0 Å². The molecular weight excluding hydrogens is 360 g/mol. The van der Waals surface area contributed by atoms with Crippen LogP contribution in [0, 0.1) is 0 Å². The minimum Gasteiger partial charge on any atom is -0.356 e. The van der Waals surface area contributed by atoms with Gasteiger partial charge < -0.3 is 10.2 Å². The predicted octanol–water partition coefficient (Wildman–Crippen LogP) is 3.64. The van der Waals surface area contributed by atoms with E-state index >= 15 is 0 Å². The van der Waals surface area contributed by atoms with Crippen molar-refractivity contribution in [3.63, 3.8) is 0 Å². The highest BCUT2D eigenvalue weighted by molar-refractivity contribution is 5.98. The van der Waals surface area contributed by atoms with Crippen LogP contribution >= 0.6 is 0 Å². The lowest BCUT2D eigenvalue weighted by Gasteiger charge is -2.35. The molecule has 3 heterocycles. The van der Waals surface area contributed by atoms with E-state index in [4.69, 9.17) is 0 Å². The van der Waals surface area contributed by atoms with Crippen molar-refractivity contribution in [2.75, 3.05) is 31.1 Å². The molecule has 4 rings (SSSR count). The number of anilines is 1. The van der Waals surface area contributed by atoms with Crippen LogP contribution in [0.5, 0.6) is 0 Å². The second kappa shape index (κ2) is 9.40. The number of nitrogens with zero attached hydrogens (tertiary/aromatic N) is 3. The Morgan fingerprint density at radius 3 is 2.66 bits per heavy atom. The summed E-state index contributed by atoms with van der Waals surface area (Å²) in [4.78, 5) is 22.3. The molecule has 5 heteroatoms. The van der Waals surface area contributed by atoms with E-state index < -0.39 is 0 Å². The van der Waals surface area contributed by atoms with Crippen molar-refractivity contribution in [1.29, 1.82) is 0 Å². The molecule has 2 aliphatic rings. The van der Waals surface area contributed by atoms with Crippen molar-refractivity contribution in [3.05, 3.63) is 59.3 Å². The maximum atomic E-state index is 13.0. The molecule has 0 saturated carbocycles. The third-order valence-electron chi connectivity index (χ3n) is 6.33. The Bertz CT molecular complexity index is 831. The van der Waals surface area contributed by atoms with Crippen LogP contribution in [0.1, 0.15) is 54.1 Å². The van der Waals surface area contributed by atoms with Gasteiger partial charge in [-0.15, -0.1) is 0 Å². The zero-order valence-electron chi connectivity index (χ0n) is 17.4. The number of hydrogen-bond donors (Lipinski definition) is 1. The van der Waals surface area contributed by atoms with Gasteiger partial charge in [0.25, 0.3) is 5.91 Å². The molecular formula is C24H32N4O. The number of carbonyl (C=O) groups excluding carboxylic acids is 1. The second-order valence-electron chi connectivity index (χ2n) is 8.18. The lowest BCUT2D eigenvalue weighted by atomic mass is 9.98. The van der Waals surface area contributed by atoms with Gasteiger partial charge in [0.2, 0.25) is 0 Å². The van der Waals surface area contributed by atoms with Crippen LogP contribution in [0.3, 0.4) is 0 Å². The Labute approximate surface area is 174 Å². The van der Waals surface area contributed by atoms with Gasteiger partial charge in [0.1, 0.15) is 5.82 Å². The first kappa shape index (κ1) is 19.9. The maximum absolute atomic E-state index is 13.0. The Morgan fingerprint density at radius 1 is 1.07 bits per heavy atom. The van der Waals surface area contributed by atoms with Gasteiger partial charge in [-0.1, -0.05) is 31.2 Å². The number of fused-ring (bicyclic) bond motifs is 1. The minimum atomic E-state index is -0.00506. The number of amides is 1. The molecule has 0 bridgehead atoms. The monoisotopic (exact) mass is 392 g/mol. The molecule has 1 atom stereocenters. The molecule has 1 aromatic carbocycles. The van der Waals surface area contributed by atoms with E-state index in [1.807, 2.05) is 12.1 Å². The molecule has 0 aliphatic carbocycles. The summed E-state index contributed by atoms with van der Waals surface area (Å²) >= 11 is 0. The van der Waals surface area contributed by atoms with E-state index in [0.29, 0.717) is 18.2 Å². The quantitative estimate of drug-likeness (QED) is 0.815. The molecule has 1 fully saturated rings. The molecule has 5 nitrogen and oxygen atoms in total. The van der Waals surface area contributed by atoms with Crippen molar-refractivity contribution in [1.82, 2.24) is 15.2 Å². The smallest absolute Gasteiger partial charge is 0.255 e. The van der Waals surface area contributed by atoms with Crippen LogP contribution < -0.4 is 10.2 Å². The summed E-state index contributed by atoms with van der Waals surface area (Å²) < 4.78 is 0. The average Bonchev–Trinajstić information content (AvgIpc) is 2.80.